The molecule has 182 valence electrons. The van der Waals surface area contributed by atoms with Gasteiger partial charge in [-0.1, -0.05) is 65.7 Å². The average Bonchev–Trinajstić information content (AvgIpc) is 3.21. The summed E-state index contributed by atoms with van der Waals surface area (Å²) in [4.78, 5) is 33.3. The third-order valence-electron chi connectivity index (χ3n) is 6.21. The molecule has 0 saturated heterocycles. The van der Waals surface area contributed by atoms with E-state index in [2.05, 4.69) is 4.98 Å². The molecule has 6 rings (SSSR count). The molecule has 0 spiro atoms. The highest BCUT2D eigenvalue weighted by Gasteiger charge is 2.44. The molecule has 1 unspecified atom stereocenters. The first-order valence-corrected chi connectivity index (χ1v) is 12.2. The number of rotatable bonds is 5. The molecule has 1 aliphatic heterocycles. The Morgan fingerprint density at radius 1 is 0.892 bits per heavy atom. The topological polar surface area (TPSA) is 72.6 Å². The van der Waals surface area contributed by atoms with E-state index in [1.165, 1.54) is 11.1 Å². The first-order valence-electron chi connectivity index (χ1n) is 11.5. The van der Waals surface area contributed by atoms with Crippen LogP contribution in [0.25, 0.3) is 11.0 Å². The fraction of sp³-hybridized carbons (Fsp3) is 0.0690. The van der Waals surface area contributed by atoms with E-state index in [0.29, 0.717) is 39.2 Å². The van der Waals surface area contributed by atoms with Gasteiger partial charge in [-0.15, -0.1) is 0 Å². The van der Waals surface area contributed by atoms with Crippen LogP contribution >= 0.6 is 23.2 Å². The number of ether oxygens (including phenoxy) is 1. The smallest absolute Gasteiger partial charge is 0.296 e. The van der Waals surface area contributed by atoms with Crippen molar-refractivity contribution < 1.29 is 13.9 Å². The number of halogens is 2. The van der Waals surface area contributed by atoms with E-state index in [4.69, 9.17) is 32.4 Å². The van der Waals surface area contributed by atoms with E-state index in [1.807, 2.05) is 54.6 Å². The van der Waals surface area contributed by atoms with Crippen LogP contribution in [0.1, 0.15) is 33.3 Å². The lowest BCUT2D eigenvalue weighted by Gasteiger charge is -2.24. The van der Waals surface area contributed by atoms with Crippen LogP contribution < -0.4 is 15.1 Å². The number of amides is 1. The predicted molar refractivity (Wildman–Crippen MR) is 143 cm³/mol. The van der Waals surface area contributed by atoms with E-state index >= 15 is 0 Å². The van der Waals surface area contributed by atoms with Crippen molar-refractivity contribution >= 4 is 45.9 Å². The Kier molecular flexibility index (Phi) is 5.91. The molecule has 1 atom stereocenters. The Morgan fingerprint density at radius 3 is 2.49 bits per heavy atom. The van der Waals surface area contributed by atoms with Crippen molar-refractivity contribution in [2.45, 2.75) is 12.6 Å². The maximum Gasteiger partial charge on any atom is 0.296 e. The summed E-state index contributed by atoms with van der Waals surface area (Å²) in [5.74, 6) is 0.430. The molecule has 0 bridgehead atoms. The van der Waals surface area contributed by atoms with Gasteiger partial charge in [0.25, 0.3) is 5.91 Å². The van der Waals surface area contributed by atoms with E-state index in [-0.39, 0.29) is 22.3 Å². The molecular formula is C29H18Cl2N2O4. The Labute approximate surface area is 221 Å². The van der Waals surface area contributed by atoms with Crippen LogP contribution in [0.2, 0.25) is 10.0 Å². The molecule has 0 aliphatic carbocycles. The fourth-order valence-electron chi connectivity index (χ4n) is 4.52. The van der Waals surface area contributed by atoms with Crippen molar-refractivity contribution in [2.24, 2.45) is 0 Å². The second-order valence-corrected chi connectivity index (χ2v) is 9.45. The lowest BCUT2D eigenvalue weighted by molar-refractivity contribution is 0.0970. The standard InChI is InChI=1S/C29H18Cl2N2O4/c30-19-9-11-23-22(14-19)27(34)25-26(33(29(35)28(25)37-23)24-12-10-20(31)15-32-24)18-7-4-8-21(13-18)36-16-17-5-2-1-3-6-17/h1-15,26H,16H2. The van der Waals surface area contributed by atoms with Crippen molar-refractivity contribution in [1.29, 1.82) is 0 Å². The molecule has 8 heteroatoms. The maximum absolute atomic E-state index is 13.8. The summed E-state index contributed by atoms with van der Waals surface area (Å²) in [6.45, 7) is 0.373. The van der Waals surface area contributed by atoms with Gasteiger partial charge >= 0.3 is 0 Å². The number of anilines is 1. The van der Waals surface area contributed by atoms with Gasteiger partial charge in [0.1, 0.15) is 23.8 Å². The third-order valence-corrected chi connectivity index (χ3v) is 6.67. The zero-order chi connectivity index (χ0) is 25.5. The van der Waals surface area contributed by atoms with Gasteiger partial charge in [-0.2, -0.15) is 0 Å². The van der Waals surface area contributed by atoms with Crippen LogP contribution in [0.4, 0.5) is 5.82 Å². The second-order valence-electron chi connectivity index (χ2n) is 8.57. The van der Waals surface area contributed by atoms with Gasteiger partial charge < -0.3 is 9.15 Å². The Morgan fingerprint density at radius 2 is 1.70 bits per heavy atom. The molecule has 0 N–H and O–H groups in total. The lowest BCUT2D eigenvalue weighted by atomic mass is 9.98. The molecule has 37 heavy (non-hydrogen) atoms. The summed E-state index contributed by atoms with van der Waals surface area (Å²) in [5.41, 5.74) is 1.86. The van der Waals surface area contributed by atoms with Crippen molar-refractivity contribution in [2.75, 3.05) is 4.90 Å². The zero-order valence-corrected chi connectivity index (χ0v) is 20.7. The molecule has 5 aromatic rings. The summed E-state index contributed by atoms with van der Waals surface area (Å²) in [6.07, 6.45) is 1.45. The SMILES string of the molecule is O=C1c2oc3ccc(Cl)cc3c(=O)c2C(c2cccc(OCc3ccccc3)c2)N1c1ccc(Cl)cn1. The van der Waals surface area contributed by atoms with Crippen molar-refractivity contribution in [1.82, 2.24) is 4.98 Å². The van der Waals surface area contributed by atoms with Crippen LogP contribution in [0.15, 0.2) is 100 Å². The van der Waals surface area contributed by atoms with Crippen LogP contribution in [-0.4, -0.2) is 10.9 Å². The lowest BCUT2D eigenvalue weighted by Crippen LogP contribution is -2.30. The maximum atomic E-state index is 13.8. The van der Waals surface area contributed by atoms with Gasteiger partial charge in [0.05, 0.1) is 22.0 Å². The van der Waals surface area contributed by atoms with E-state index in [1.54, 1.807) is 30.3 Å². The van der Waals surface area contributed by atoms with Crippen LogP contribution in [-0.2, 0) is 6.61 Å². The molecule has 0 radical (unpaired) electrons. The van der Waals surface area contributed by atoms with Gasteiger partial charge in [-0.05, 0) is 53.6 Å². The van der Waals surface area contributed by atoms with Gasteiger partial charge in [0.2, 0.25) is 5.76 Å². The number of hydrogen-bond acceptors (Lipinski definition) is 5. The summed E-state index contributed by atoms with van der Waals surface area (Å²) >= 11 is 12.2. The highest BCUT2D eigenvalue weighted by atomic mass is 35.5. The normalized spacial score (nSPS) is 14.7. The average molecular weight is 529 g/mol. The van der Waals surface area contributed by atoms with Gasteiger partial charge in [-0.3, -0.25) is 14.5 Å². The van der Waals surface area contributed by atoms with Crippen LogP contribution in [0.3, 0.4) is 0 Å². The molecule has 3 aromatic carbocycles. The van der Waals surface area contributed by atoms with Crippen LogP contribution in [0.5, 0.6) is 5.75 Å². The molecule has 0 saturated carbocycles. The molecule has 3 heterocycles. The Balaban J connectivity index is 1.50. The largest absolute Gasteiger partial charge is 0.489 e. The third kappa shape index (κ3) is 4.24. The minimum atomic E-state index is -0.795. The van der Waals surface area contributed by atoms with Gasteiger partial charge in [0, 0.05) is 11.2 Å². The number of benzene rings is 3. The summed E-state index contributed by atoms with van der Waals surface area (Å²) in [5, 5.41) is 1.12. The first kappa shape index (κ1) is 23.3. The first-order chi connectivity index (χ1) is 18.0. The van der Waals surface area contributed by atoms with Crippen LogP contribution in [0, 0.1) is 0 Å². The number of carbonyl (C=O) groups is 1. The highest BCUT2D eigenvalue weighted by molar-refractivity contribution is 6.31. The monoisotopic (exact) mass is 528 g/mol. The highest BCUT2D eigenvalue weighted by Crippen LogP contribution is 2.41. The zero-order valence-electron chi connectivity index (χ0n) is 19.2. The number of hydrogen-bond donors (Lipinski definition) is 0. The van der Waals surface area contributed by atoms with E-state index < -0.39 is 11.9 Å². The number of fused-ring (bicyclic) bond motifs is 2. The number of pyridine rings is 1. The molecule has 1 amide bonds. The van der Waals surface area contributed by atoms with Gasteiger partial charge in [0.15, 0.2) is 5.43 Å². The molecule has 0 fully saturated rings. The Hall–Kier alpha value is -4.13. The van der Waals surface area contributed by atoms with E-state index in [0.717, 1.165) is 5.56 Å². The van der Waals surface area contributed by atoms with Crippen molar-refractivity contribution in [3.8, 4) is 5.75 Å². The minimum Gasteiger partial charge on any atom is -0.489 e. The quantitative estimate of drug-likeness (QED) is 0.250. The number of carbonyl (C=O) groups excluding carboxylic acids is 1. The number of aromatic nitrogens is 1. The minimum absolute atomic E-state index is 0.0304. The predicted octanol–water partition coefficient (Wildman–Crippen LogP) is 6.82. The molecular weight excluding hydrogens is 511 g/mol. The van der Waals surface area contributed by atoms with Crippen molar-refractivity contribution in [3.05, 3.63) is 134 Å². The molecule has 6 nitrogen and oxygen atoms in total. The second kappa shape index (κ2) is 9.39. The van der Waals surface area contributed by atoms with E-state index in [9.17, 15) is 9.59 Å². The summed E-state index contributed by atoms with van der Waals surface area (Å²) < 4.78 is 12.0. The molecule has 2 aromatic heterocycles. The van der Waals surface area contributed by atoms with Crippen molar-refractivity contribution in [3.63, 3.8) is 0 Å². The fourth-order valence-corrected chi connectivity index (χ4v) is 4.81. The molecule has 1 aliphatic rings. The Bertz CT molecular complexity index is 1700. The summed E-state index contributed by atoms with van der Waals surface area (Å²) in [6, 6.07) is 24.3. The van der Waals surface area contributed by atoms with Gasteiger partial charge in [-0.25, -0.2) is 4.98 Å². The number of nitrogens with zero attached hydrogens (tertiary/aromatic N) is 2. The summed E-state index contributed by atoms with van der Waals surface area (Å²) in [7, 11) is 0.